The van der Waals surface area contributed by atoms with Gasteiger partial charge in [-0.15, -0.1) is 0 Å². The van der Waals surface area contributed by atoms with Crippen LogP contribution in [0.4, 0.5) is 5.69 Å². The Labute approximate surface area is 175 Å². The summed E-state index contributed by atoms with van der Waals surface area (Å²) in [7, 11) is -3.72. The molecule has 1 saturated heterocycles. The molecular weight excluding hydrogens is 404 g/mol. The number of benzene rings is 1. The Balaban J connectivity index is 1.46. The molecule has 0 spiro atoms. The van der Waals surface area contributed by atoms with E-state index in [4.69, 9.17) is 4.42 Å². The Morgan fingerprint density at radius 1 is 1.03 bits per heavy atom. The van der Waals surface area contributed by atoms with Crippen LogP contribution in [0.3, 0.4) is 0 Å². The minimum absolute atomic E-state index is 0.0236. The first-order chi connectivity index (χ1) is 14.3. The van der Waals surface area contributed by atoms with Crippen molar-refractivity contribution >= 4 is 21.5 Å². The highest BCUT2D eigenvalue weighted by atomic mass is 32.2. The average molecular weight is 429 g/mol. The summed E-state index contributed by atoms with van der Waals surface area (Å²) in [5.41, 5.74) is 4.10. The van der Waals surface area contributed by atoms with Gasteiger partial charge in [0.15, 0.2) is 11.5 Å². The molecule has 1 aliphatic heterocycles. The van der Waals surface area contributed by atoms with Gasteiger partial charge in [-0.1, -0.05) is 0 Å². The van der Waals surface area contributed by atoms with Crippen LogP contribution in [0.25, 0.3) is 11.5 Å². The molecular formula is C21H24N4O4S. The number of H-pyrrole nitrogens is 1. The van der Waals surface area contributed by atoms with Crippen molar-refractivity contribution in [2.45, 2.75) is 25.9 Å². The smallest absolute Gasteiger partial charge is 0.276 e. The molecule has 0 saturated carbocycles. The summed E-state index contributed by atoms with van der Waals surface area (Å²) in [4.78, 5) is 13.5. The number of nitrogens with one attached hydrogen (secondary N) is 1. The number of ketones is 1. The van der Waals surface area contributed by atoms with Crippen LogP contribution in [0.2, 0.25) is 0 Å². The van der Waals surface area contributed by atoms with Crippen LogP contribution in [-0.2, 0) is 10.0 Å². The average Bonchev–Trinajstić information content (AvgIpc) is 3.36. The molecule has 0 radical (unpaired) electrons. The number of anilines is 1. The van der Waals surface area contributed by atoms with Gasteiger partial charge < -0.3 is 9.32 Å². The molecule has 0 aliphatic carbocycles. The summed E-state index contributed by atoms with van der Waals surface area (Å²) in [5.74, 6) is 0.454. The maximum atomic E-state index is 13.0. The van der Waals surface area contributed by atoms with Gasteiger partial charge in [0, 0.05) is 48.7 Å². The van der Waals surface area contributed by atoms with Gasteiger partial charge in [-0.05, 0) is 57.2 Å². The second-order valence-electron chi connectivity index (χ2n) is 7.44. The molecule has 8 nitrogen and oxygen atoms in total. The molecule has 4 rings (SSSR count). The lowest BCUT2D eigenvalue weighted by molar-refractivity contribution is 0.101. The molecule has 0 atom stereocenters. The van der Waals surface area contributed by atoms with Crippen molar-refractivity contribution < 1.29 is 17.6 Å². The molecule has 30 heavy (non-hydrogen) atoms. The molecule has 1 fully saturated rings. The highest BCUT2D eigenvalue weighted by Gasteiger charge is 2.31. The predicted molar refractivity (Wildman–Crippen MR) is 113 cm³/mol. The number of Topliss-reactive ketones (excluding diaryl/α,β-unsaturated/α-hetero) is 1. The largest absolute Gasteiger partial charge is 0.442 e. The SMILES string of the molecule is CC(=O)c1ccc(N2CCN(S(=O)(=O)c3ccc(-c4n[nH]c(C)c4C)o3)CC2)cc1. The minimum Gasteiger partial charge on any atom is -0.442 e. The lowest BCUT2D eigenvalue weighted by Gasteiger charge is -2.34. The third-order valence-corrected chi connectivity index (χ3v) is 7.31. The molecule has 158 valence electrons. The van der Waals surface area contributed by atoms with Gasteiger partial charge >= 0.3 is 0 Å². The van der Waals surface area contributed by atoms with E-state index < -0.39 is 10.0 Å². The van der Waals surface area contributed by atoms with Crippen LogP contribution in [-0.4, -0.2) is 54.9 Å². The zero-order valence-electron chi connectivity index (χ0n) is 17.2. The topological polar surface area (TPSA) is 99.5 Å². The van der Waals surface area contributed by atoms with Crippen molar-refractivity contribution in [3.05, 3.63) is 53.2 Å². The molecule has 3 aromatic rings. The highest BCUT2D eigenvalue weighted by Crippen LogP contribution is 2.29. The van der Waals surface area contributed by atoms with Gasteiger partial charge in [-0.25, -0.2) is 8.42 Å². The molecule has 0 amide bonds. The molecule has 1 aliphatic rings. The number of rotatable bonds is 5. The molecule has 1 N–H and O–H groups in total. The summed E-state index contributed by atoms with van der Waals surface area (Å²) in [6, 6.07) is 10.5. The van der Waals surface area contributed by atoms with Crippen LogP contribution in [0.5, 0.6) is 0 Å². The Morgan fingerprint density at radius 2 is 1.70 bits per heavy atom. The second-order valence-corrected chi connectivity index (χ2v) is 9.30. The fourth-order valence-electron chi connectivity index (χ4n) is 3.53. The van der Waals surface area contributed by atoms with Crippen molar-refractivity contribution in [3.8, 4) is 11.5 Å². The van der Waals surface area contributed by atoms with Crippen molar-refractivity contribution in [2.24, 2.45) is 0 Å². The number of aryl methyl sites for hydroxylation is 1. The number of carbonyl (C=O) groups is 1. The second kappa shape index (κ2) is 7.73. The van der Waals surface area contributed by atoms with E-state index >= 15 is 0 Å². The normalized spacial score (nSPS) is 15.5. The number of carbonyl (C=O) groups excluding carboxylic acids is 1. The number of hydrogen-bond donors (Lipinski definition) is 1. The van der Waals surface area contributed by atoms with Crippen molar-refractivity contribution in [3.63, 3.8) is 0 Å². The van der Waals surface area contributed by atoms with E-state index in [0.29, 0.717) is 43.2 Å². The molecule has 2 aromatic heterocycles. The van der Waals surface area contributed by atoms with Crippen LogP contribution < -0.4 is 4.90 Å². The summed E-state index contributed by atoms with van der Waals surface area (Å²) < 4.78 is 33.2. The quantitative estimate of drug-likeness (QED) is 0.627. The van der Waals surface area contributed by atoms with Gasteiger partial charge in [0.05, 0.1) is 0 Å². The van der Waals surface area contributed by atoms with E-state index in [2.05, 4.69) is 15.1 Å². The van der Waals surface area contributed by atoms with Gasteiger partial charge in [0.25, 0.3) is 10.0 Å². The number of furan rings is 1. The van der Waals surface area contributed by atoms with Crippen molar-refractivity contribution in [1.82, 2.24) is 14.5 Å². The first kappa shape index (κ1) is 20.4. The van der Waals surface area contributed by atoms with Gasteiger partial charge in [-0.3, -0.25) is 9.89 Å². The number of sulfonamides is 1. The van der Waals surface area contributed by atoms with Gasteiger partial charge in [0.1, 0.15) is 5.69 Å². The first-order valence-electron chi connectivity index (χ1n) is 9.75. The Kier molecular flexibility index (Phi) is 5.25. The Hall–Kier alpha value is -2.91. The maximum absolute atomic E-state index is 13.0. The number of piperazine rings is 1. The van der Waals surface area contributed by atoms with Gasteiger partial charge in [0.2, 0.25) is 5.09 Å². The third-order valence-electron chi connectivity index (χ3n) is 5.54. The summed E-state index contributed by atoms with van der Waals surface area (Å²) >= 11 is 0. The highest BCUT2D eigenvalue weighted by molar-refractivity contribution is 7.89. The predicted octanol–water partition coefficient (Wildman–Crippen LogP) is 3.00. The maximum Gasteiger partial charge on any atom is 0.276 e. The zero-order valence-corrected chi connectivity index (χ0v) is 18.0. The van der Waals surface area contributed by atoms with E-state index in [0.717, 1.165) is 16.9 Å². The van der Waals surface area contributed by atoms with Crippen LogP contribution in [0.15, 0.2) is 45.9 Å². The Morgan fingerprint density at radius 3 is 2.27 bits per heavy atom. The van der Waals surface area contributed by atoms with Crippen LogP contribution >= 0.6 is 0 Å². The summed E-state index contributed by atoms with van der Waals surface area (Å²) in [6.45, 7) is 7.17. The summed E-state index contributed by atoms with van der Waals surface area (Å²) in [5, 5.41) is 7.01. The number of hydrogen-bond acceptors (Lipinski definition) is 6. The van der Waals surface area contributed by atoms with E-state index in [1.807, 2.05) is 26.0 Å². The van der Waals surface area contributed by atoms with Crippen LogP contribution in [0.1, 0.15) is 28.5 Å². The lowest BCUT2D eigenvalue weighted by atomic mass is 10.1. The molecule has 9 heteroatoms. The monoisotopic (exact) mass is 428 g/mol. The first-order valence-corrected chi connectivity index (χ1v) is 11.2. The lowest BCUT2D eigenvalue weighted by Crippen LogP contribution is -2.48. The van der Waals surface area contributed by atoms with Crippen molar-refractivity contribution in [1.29, 1.82) is 0 Å². The van der Waals surface area contributed by atoms with E-state index in [9.17, 15) is 13.2 Å². The van der Waals surface area contributed by atoms with Gasteiger partial charge in [-0.2, -0.15) is 9.40 Å². The third kappa shape index (κ3) is 3.66. The fraction of sp³-hybridized carbons (Fsp3) is 0.333. The molecule has 0 bridgehead atoms. The molecule has 1 aromatic carbocycles. The van der Waals surface area contributed by atoms with Crippen LogP contribution in [0, 0.1) is 13.8 Å². The van der Waals surface area contributed by atoms with E-state index in [1.165, 1.54) is 17.3 Å². The molecule has 0 unspecified atom stereocenters. The van der Waals surface area contributed by atoms with Crippen molar-refractivity contribution in [2.75, 3.05) is 31.1 Å². The fourth-order valence-corrected chi connectivity index (χ4v) is 4.87. The number of aromatic nitrogens is 2. The van der Waals surface area contributed by atoms with E-state index in [1.54, 1.807) is 18.2 Å². The molecule has 3 heterocycles. The number of nitrogens with zero attached hydrogens (tertiary/aromatic N) is 3. The Bertz CT molecular complexity index is 1170. The standard InChI is InChI=1S/C21H24N4O4S/c1-14-15(2)22-23-21(14)19-8-9-20(29-19)30(27,28)25-12-10-24(11-13-25)18-6-4-17(5-7-18)16(3)26/h4-9H,10-13H2,1-3H3,(H,22,23). The number of aromatic amines is 1. The minimum atomic E-state index is -3.72. The zero-order chi connectivity index (χ0) is 21.5. The summed E-state index contributed by atoms with van der Waals surface area (Å²) in [6.07, 6.45) is 0. The van der Waals surface area contributed by atoms with E-state index in [-0.39, 0.29) is 10.9 Å².